The summed E-state index contributed by atoms with van der Waals surface area (Å²) in [5.41, 5.74) is 7.01. The molecule has 0 aliphatic carbocycles. The van der Waals surface area contributed by atoms with Crippen molar-refractivity contribution >= 4 is 44.4 Å². The summed E-state index contributed by atoms with van der Waals surface area (Å²) < 4.78 is 42.3. The molecule has 0 bridgehead atoms. The lowest BCUT2D eigenvalue weighted by Gasteiger charge is -2.22. The summed E-state index contributed by atoms with van der Waals surface area (Å²) in [5.74, 6) is 0.193. The highest BCUT2D eigenvalue weighted by molar-refractivity contribution is 7.46. The Balaban J connectivity index is 1.09. The van der Waals surface area contributed by atoms with Crippen LogP contribution in [0.2, 0.25) is 0 Å². The number of fused-ring (bicyclic) bond motifs is 2. The van der Waals surface area contributed by atoms with Gasteiger partial charge in [-0.1, -0.05) is 0 Å². The van der Waals surface area contributed by atoms with Crippen molar-refractivity contribution in [1.82, 2.24) is 34.1 Å². The summed E-state index contributed by atoms with van der Waals surface area (Å²) in [7, 11) is -7.21. The van der Waals surface area contributed by atoms with E-state index in [9.17, 15) is 19.4 Å². The van der Waals surface area contributed by atoms with Crippen LogP contribution in [-0.4, -0.2) is 97.6 Å². The van der Waals surface area contributed by atoms with Gasteiger partial charge in [-0.15, -0.1) is 0 Å². The van der Waals surface area contributed by atoms with Crippen LogP contribution in [0.25, 0.3) is 22.2 Å². The summed E-state index contributed by atoms with van der Waals surface area (Å²) in [6.45, 7) is -0.381. The number of ether oxygens (including phenoxy) is 2. The van der Waals surface area contributed by atoms with Gasteiger partial charge in [0.1, 0.15) is 24.1 Å². The molecular formula is C22H28N8O11P2. The third-order valence-corrected chi connectivity index (χ3v) is 8.36. The van der Waals surface area contributed by atoms with Crippen molar-refractivity contribution in [3.63, 3.8) is 0 Å². The fourth-order valence-corrected chi connectivity index (χ4v) is 6.31. The fourth-order valence-electron chi connectivity index (χ4n) is 5.14. The summed E-state index contributed by atoms with van der Waals surface area (Å²) >= 11 is 0. The standard InChI is InChI=1S/C22H28N8O11P2/c23-19-18-20(26-8-25-19)30(10-28-18)22-14(31)3-11(40-22)6-37-42(33)41-15-4-12(7-38-43(34,35)36)39-16(15)5-29-9-27-17-13(29)1-2-24-21(17)32/h1-2,8-12,14-16,22,31,33H,3-7H2,(H,24,32)(H2,23,25,26)(H2,34,35,36)/t11-,12-,14+,15+,16-,22+,42?/m0/s1. The Morgan fingerprint density at radius 1 is 1.12 bits per heavy atom. The molecule has 2 saturated heterocycles. The first-order chi connectivity index (χ1) is 20.6. The number of hydrogen-bond donors (Lipinski definition) is 6. The number of imidazole rings is 2. The number of nitrogens with zero attached hydrogens (tertiary/aromatic N) is 6. The highest BCUT2D eigenvalue weighted by Gasteiger charge is 2.41. The van der Waals surface area contributed by atoms with Crippen molar-refractivity contribution in [2.45, 2.75) is 56.1 Å². The Morgan fingerprint density at radius 3 is 2.72 bits per heavy atom. The number of aromatic amines is 1. The first-order valence-electron chi connectivity index (χ1n) is 13.0. The third-order valence-electron chi connectivity index (χ3n) is 7.05. The number of nitrogen functional groups attached to an aromatic ring is 1. The predicted octanol–water partition coefficient (Wildman–Crippen LogP) is -0.317. The quantitative estimate of drug-likeness (QED) is 0.115. The zero-order valence-electron chi connectivity index (χ0n) is 22.2. The molecule has 19 nitrogen and oxygen atoms in total. The summed E-state index contributed by atoms with van der Waals surface area (Å²) in [4.78, 5) is 59.8. The lowest BCUT2D eigenvalue weighted by atomic mass is 10.1. The largest absolute Gasteiger partial charge is 0.469 e. The summed E-state index contributed by atoms with van der Waals surface area (Å²) in [6, 6.07) is 1.67. The van der Waals surface area contributed by atoms with Gasteiger partial charge in [-0.25, -0.2) is 24.5 Å². The average Bonchev–Trinajstić information content (AvgIpc) is 3.73. The molecule has 7 N–H and O–H groups in total. The topological polar surface area (TPSA) is 264 Å². The van der Waals surface area contributed by atoms with Gasteiger partial charge in [-0.3, -0.25) is 13.9 Å². The number of phosphoric acid groups is 1. The minimum absolute atomic E-state index is 0.114. The molecule has 43 heavy (non-hydrogen) atoms. The number of nitrogens with one attached hydrogen (secondary N) is 1. The van der Waals surface area contributed by atoms with E-state index in [0.717, 1.165) is 0 Å². The van der Waals surface area contributed by atoms with E-state index >= 15 is 0 Å². The third kappa shape index (κ3) is 6.62. The monoisotopic (exact) mass is 642 g/mol. The molecule has 2 fully saturated rings. The minimum Gasteiger partial charge on any atom is -0.388 e. The number of aromatic nitrogens is 7. The molecule has 2 aliphatic rings. The molecule has 2 aliphatic heterocycles. The Morgan fingerprint density at radius 2 is 1.91 bits per heavy atom. The zero-order chi connectivity index (χ0) is 30.3. The van der Waals surface area contributed by atoms with E-state index in [1.54, 1.807) is 15.2 Å². The fraction of sp³-hybridized carbons (Fsp3) is 0.500. The van der Waals surface area contributed by atoms with Crippen LogP contribution in [0, 0.1) is 0 Å². The van der Waals surface area contributed by atoms with Crippen LogP contribution in [0.15, 0.2) is 36.0 Å². The minimum atomic E-state index is -4.75. The molecule has 0 spiro atoms. The van der Waals surface area contributed by atoms with Crippen LogP contribution in [-0.2, 0) is 34.2 Å². The van der Waals surface area contributed by atoms with Crippen LogP contribution < -0.4 is 11.3 Å². The van der Waals surface area contributed by atoms with Gasteiger partial charge in [0.15, 0.2) is 23.2 Å². The molecule has 0 aromatic carbocycles. The van der Waals surface area contributed by atoms with Gasteiger partial charge in [-0.05, 0) is 6.07 Å². The van der Waals surface area contributed by atoms with Gasteiger partial charge in [0.2, 0.25) is 0 Å². The van der Waals surface area contributed by atoms with E-state index in [2.05, 4.69) is 29.4 Å². The number of hydrogen-bond acceptors (Lipinski definition) is 14. The Bertz CT molecular complexity index is 1690. The second-order valence-corrected chi connectivity index (χ2v) is 12.2. The van der Waals surface area contributed by atoms with Crippen LogP contribution >= 0.6 is 16.4 Å². The van der Waals surface area contributed by atoms with Crippen LogP contribution in [0.4, 0.5) is 5.82 Å². The van der Waals surface area contributed by atoms with E-state index in [-0.39, 0.29) is 42.9 Å². The van der Waals surface area contributed by atoms with Crippen molar-refractivity contribution < 1.29 is 47.4 Å². The van der Waals surface area contributed by atoms with Gasteiger partial charge in [0.05, 0.1) is 56.2 Å². The number of anilines is 1. The van der Waals surface area contributed by atoms with Gasteiger partial charge in [-0.2, -0.15) is 0 Å². The first kappa shape index (κ1) is 30.1. The summed E-state index contributed by atoms with van der Waals surface area (Å²) in [6.07, 6.45) is 1.38. The predicted molar refractivity (Wildman–Crippen MR) is 146 cm³/mol. The van der Waals surface area contributed by atoms with Crippen LogP contribution in [0.3, 0.4) is 0 Å². The lowest BCUT2D eigenvalue weighted by Crippen LogP contribution is -2.28. The Labute approximate surface area is 242 Å². The van der Waals surface area contributed by atoms with E-state index in [1.165, 1.54) is 25.2 Å². The maximum Gasteiger partial charge on any atom is 0.469 e. The number of H-pyrrole nitrogens is 1. The number of nitrogens with two attached hydrogens (primary N) is 1. The molecule has 21 heteroatoms. The van der Waals surface area contributed by atoms with Crippen molar-refractivity contribution in [1.29, 1.82) is 0 Å². The smallest absolute Gasteiger partial charge is 0.388 e. The Kier molecular flexibility index (Phi) is 8.56. The van der Waals surface area contributed by atoms with E-state index < -0.39 is 59.8 Å². The van der Waals surface area contributed by atoms with Gasteiger partial charge in [0.25, 0.3) is 5.56 Å². The van der Waals surface area contributed by atoms with Gasteiger partial charge in [0, 0.05) is 19.0 Å². The molecule has 7 atom stereocenters. The first-order valence-corrected chi connectivity index (χ1v) is 15.6. The zero-order valence-corrected chi connectivity index (χ0v) is 24.0. The highest BCUT2D eigenvalue weighted by atomic mass is 31.2. The highest BCUT2D eigenvalue weighted by Crippen LogP contribution is 2.43. The van der Waals surface area contributed by atoms with Crippen LogP contribution in [0.5, 0.6) is 0 Å². The molecule has 0 saturated carbocycles. The molecule has 0 amide bonds. The molecule has 6 heterocycles. The second kappa shape index (κ2) is 12.2. The Hall–Kier alpha value is -2.93. The van der Waals surface area contributed by atoms with Crippen molar-refractivity contribution in [2.24, 2.45) is 0 Å². The SMILES string of the molecule is Nc1ncnc2c1ncn2[C@@H]1O[C@H](COP(O)O[C@@H]2C[C@@H](COP(=O)(O)O)O[C@H]2Cn2cnc3c(=O)[nH]ccc32)C[C@H]1O. The second-order valence-electron chi connectivity index (χ2n) is 9.97. The van der Waals surface area contributed by atoms with E-state index in [4.69, 9.17) is 34.0 Å². The van der Waals surface area contributed by atoms with Crippen molar-refractivity contribution in [3.05, 3.63) is 41.6 Å². The maximum atomic E-state index is 12.1. The van der Waals surface area contributed by atoms with E-state index in [1.807, 2.05) is 0 Å². The van der Waals surface area contributed by atoms with E-state index in [0.29, 0.717) is 16.7 Å². The molecular weight excluding hydrogens is 614 g/mol. The van der Waals surface area contributed by atoms with Gasteiger partial charge >= 0.3 is 16.4 Å². The number of aliphatic hydroxyl groups is 1. The number of phosphoric ester groups is 1. The average molecular weight is 642 g/mol. The van der Waals surface area contributed by atoms with Crippen LogP contribution in [0.1, 0.15) is 19.1 Å². The molecule has 0 radical (unpaired) electrons. The number of rotatable bonds is 11. The lowest BCUT2D eigenvalue weighted by molar-refractivity contribution is -0.0490. The molecule has 232 valence electrons. The van der Waals surface area contributed by atoms with Crippen molar-refractivity contribution in [2.75, 3.05) is 18.9 Å². The molecule has 1 unspecified atom stereocenters. The molecule has 4 aromatic heterocycles. The van der Waals surface area contributed by atoms with Gasteiger partial charge < -0.3 is 53.6 Å². The molecule has 6 rings (SSSR count). The summed E-state index contributed by atoms with van der Waals surface area (Å²) in [5, 5.41) is 10.6. The normalized spacial score (nSPS) is 27.0. The number of aliphatic hydroxyl groups excluding tert-OH is 1. The molecule has 4 aromatic rings. The van der Waals surface area contributed by atoms with Crippen molar-refractivity contribution in [3.8, 4) is 0 Å². The maximum absolute atomic E-state index is 12.1. The number of pyridine rings is 1.